The molecule has 0 radical (unpaired) electrons. The summed E-state index contributed by atoms with van der Waals surface area (Å²) >= 11 is 1.33. The van der Waals surface area contributed by atoms with Gasteiger partial charge >= 0.3 is 6.18 Å². The van der Waals surface area contributed by atoms with E-state index in [9.17, 15) is 21.6 Å². The highest BCUT2D eigenvalue weighted by Crippen LogP contribution is 2.33. The molecule has 2 N–H and O–H groups in total. The second kappa shape index (κ2) is 13.1. The van der Waals surface area contributed by atoms with Crippen molar-refractivity contribution in [3.63, 3.8) is 0 Å². The van der Waals surface area contributed by atoms with Gasteiger partial charge in [0.25, 0.3) is 10.0 Å². The fourth-order valence-corrected chi connectivity index (χ4v) is 6.33. The van der Waals surface area contributed by atoms with E-state index in [0.717, 1.165) is 37.2 Å². The number of aromatic nitrogens is 2. The highest BCUT2D eigenvalue weighted by atomic mass is 32.2. The molecule has 11 heteroatoms. The van der Waals surface area contributed by atoms with E-state index in [0.29, 0.717) is 33.4 Å². The van der Waals surface area contributed by atoms with Crippen LogP contribution in [-0.2, 0) is 22.6 Å². The Balaban J connectivity index is 1.15. The first kappa shape index (κ1) is 30.4. The van der Waals surface area contributed by atoms with Crippen LogP contribution in [0.2, 0.25) is 0 Å². The van der Waals surface area contributed by atoms with E-state index >= 15 is 0 Å². The second-order valence-corrected chi connectivity index (χ2v) is 12.6. The topological polar surface area (TPSA) is 84.0 Å². The zero-order chi connectivity index (χ0) is 30.5. The predicted molar refractivity (Wildman–Crippen MR) is 164 cm³/mol. The monoisotopic (exact) mass is 622 g/mol. The Morgan fingerprint density at radius 3 is 2.26 bits per heavy atom. The van der Waals surface area contributed by atoms with E-state index in [1.165, 1.54) is 41.2 Å². The molecular formula is C32H29F3N4O2S2. The lowest BCUT2D eigenvalue weighted by Crippen LogP contribution is -2.22. The quantitative estimate of drug-likeness (QED) is 0.148. The smallest absolute Gasteiger partial charge is 0.316 e. The average Bonchev–Trinajstić information content (AvgIpc) is 3.51. The molecule has 2 heterocycles. The summed E-state index contributed by atoms with van der Waals surface area (Å²) in [5.41, 5.74) is 3.84. The zero-order valence-electron chi connectivity index (χ0n) is 23.2. The molecule has 0 unspecified atom stereocenters. The lowest BCUT2D eigenvalue weighted by molar-refractivity contribution is -0.137. The highest BCUT2D eigenvalue weighted by molar-refractivity contribution is 7.92. The van der Waals surface area contributed by atoms with Gasteiger partial charge in [0.15, 0.2) is 0 Å². The minimum absolute atomic E-state index is 0.104. The van der Waals surface area contributed by atoms with Crippen LogP contribution in [0, 0.1) is 0 Å². The molecule has 0 saturated heterocycles. The van der Waals surface area contributed by atoms with Gasteiger partial charge in [-0.1, -0.05) is 49.4 Å². The third kappa shape index (κ3) is 7.86. The van der Waals surface area contributed by atoms with E-state index in [-0.39, 0.29) is 4.90 Å². The summed E-state index contributed by atoms with van der Waals surface area (Å²) in [7, 11) is -3.81. The van der Waals surface area contributed by atoms with E-state index in [1.807, 2.05) is 24.4 Å². The number of hydrogen-bond donors (Lipinski definition) is 2. The van der Waals surface area contributed by atoms with Crippen molar-refractivity contribution in [1.29, 1.82) is 0 Å². The average molecular weight is 623 g/mol. The third-order valence-electron chi connectivity index (χ3n) is 6.92. The standard InChI is InChI=1S/C32H29F3N4O2S2/c1-22(26-3-2-17-36-20-26)19-37-18-16-23-4-12-28(13-5-23)39-43(40,41)29-14-8-25(9-15-29)31-38-30(21-42-31)24-6-10-27(11-7-24)32(33,34)35/h2-15,17,20-22,37,39H,16,18-19H2,1H3/t22-/m0/s1. The van der Waals surface area contributed by atoms with Gasteiger partial charge in [-0.15, -0.1) is 11.3 Å². The molecule has 3 aromatic carbocycles. The second-order valence-electron chi connectivity index (χ2n) is 10.1. The van der Waals surface area contributed by atoms with Gasteiger partial charge in [0.2, 0.25) is 0 Å². The number of nitrogens with zero attached hydrogens (tertiary/aromatic N) is 2. The van der Waals surface area contributed by atoms with Crippen LogP contribution in [0.15, 0.2) is 108 Å². The normalized spacial score (nSPS) is 12.7. The summed E-state index contributed by atoms with van der Waals surface area (Å²) in [6.07, 6.45) is 0.0581. The molecule has 6 nitrogen and oxygen atoms in total. The van der Waals surface area contributed by atoms with Crippen LogP contribution in [0.25, 0.3) is 21.8 Å². The molecule has 0 spiro atoms. The van der Waals surface area contributed by atoms with Crippen LogP contribution in [0.3, 0.4) is 0 Å². The summed E-state index contributed by atoms with van der Waals surface area (Å²) in [5.74, 6) is 0.353. The van der Waals surface area contributed by atoms with Gasteiger partial charge in [-0.3, -0.25) is 9.71 Å². The number of thiazole rings is 1. The Kier molecular flexibility index (Phi) is 9.24. The van der Waals surface area contributed by atoms with Crippen LogP contribution < -0.4 is 10.0 Å². The van der Waals surface area contributed by atoms with Crippen LogP contribution in [0.4, 0.5) is 18.9 Å². The number of anilines is 1. The number of hydrogen-bond acceptors (Lipinski definition) is 6. The van der Waals surface area contributed by atoms with Crippen molar-refractivity contribution in [3.8, 4) is 21.8 Å². The Labute approximate surface area is 252 Å². The van der Waals surface area contributed by atoms with Gasteiger partial charge in [0, 0.05) is 41.1 Å². The zero-order valence-corrected chi connectivity index (χ0v) is 24.8. The van der Waals surface area contributed by atoms with Crippen molar-refractivity contribution in [2.24, 2.45) is 0 Å². The van der Waals surface area contributed by atoms with Crippen molar-refractivity contribution in [2.45, 2.75) is 30.3 Å². The summed E-state index contributed by atoms with van der Waals surface area (Å²) in [4.78, 5) is 8.79. The SMILES string of the molecule is C[C@@H](CNCCc1ccc(NS(=O)(=O)c2ccc(-c3nc(-c4ccc(C(F)(F)F)cc4)cs3)cc2)cc1)c1cccnc1. The number of rotatable bonds is 11. The van der Waals surface area contributed by atoms with E-state index in [2.05, 4.69) is 33.0 Å². The van der Waals surface area contributed by atoms with Crippen LogP contribution in [0.1, 0.15) is 29.5 Å². The number of benzene rings is 3. The fraction of sp³-hybridized carbons (Fsp3) is 0.188. The molecule has 222 valence electrons. The van der Waals surface area contributed by atoms with Gasteiger partial charge in [-0.05, 0) is 72.5 Å². The molecule has 5 rings (SSSR count). The summed E-state index contributed by atoms with van der Waals surface area (Å²) in [6.45, 7) is 3.79. The molecule has 1 atom stereocenters. The molecule has 0 aliphatic heterocycles. The van der Waals surface area contributed by atoms with Crippen LogP contribution >= 0.6 is 11.3 Å². The maximum atomic E-state index is 13.0. The van der Waals surface area contributed by atoms with Crippen molar-refractivity contribution in [3.05, 3.63) is 119 Å². The maximum Gasteiger partial charge on any atom is 0.416 e. The molecule has 0 aliphatic carbocycles. The van der Waals surface area contributed by atoms with Gasteiger partial charge < -0.3 is 5.32 Å². The van der Waals surface area contributed by atoms with Gasteiger partial charge in [-0.2, -0.15) is 13.2 Å². The Bertz CT molecular complexity index is 1740. The number of sulfonamides is 1. The van der Waals surface area contributed by atoms with Crippen molar-refractivity contribution in [1.82, 2.24) is 15.3 Å². The van der Waals surface area contributed by atoms with Crippen molar-refractivity contribution >= 4 is 27.0 Å². The molecule has 2 aromatic heterocycles. The van der Waals surface area contributed by atoms with Crippen LogP contribution in [-0.4, -0.2) is 31.5 Å². The van der Waals surface area contributed by atoms with Gasteiger partial charge in [0.05, 0.1) is 16.2 Å². The molecule has 43 heavy (non-hydrogen) atoms. The van der Waals surface area contributed by atoms with Gasteiger partial charge in [-0.25, -0.2) is 13.4 Å². The van der Waals surface area contributed by atoms with E-state index in [1.54, 1.807) is 35.8 Å². The Morgan fingerprint density at radius 2 is 1.60 bits per heavy atom. The molecule has 0 aliphatic rings. The minimum atomic E-state index is -4.40. The number of pyridine rings is 1. The lowest BCUT2D eigenvalue weighted by atomic mass is 10.0. The Morgan fingerprint density at radius 1 is 0.907 bits per heavy atom. The Hall–Kier alpha value is -4.06. The van der Waals surface area contributed by atoms with Crippen molar-refractivity contribution < 1.29 is 21.6 Å². The highest BCUT2D eigenvalue weighted by Gasteiger charge is 2.30. The molecular weight excluding hydrogens is 594 g/mol. The van der Waals surface area contributed by atoms with E-state index in [4.69, 9.17) is 0 Å². The molecule has 5 aromatic rings. The fourth-order valence-electron chi connectivity index (χ4n) is 4.44. The summed E-state index contributed by atoms with van der Waals surface area (Å²) in [5, 5.41) is 5.84. The maximum absolute atomic E-state index is 13.0. The number of nitrogens with one attached hydrogen (secondary N) is 2. The summed E-state index contributed by atoms with van der Waals surface area (Å²) in [6, 6.07) is 22.5. The minimum Gasteiger partial charge on any atom is -0.316 e. The molecule has 0 amide bonds. The first-order chi connectivity index (χ1) is 20.6. The molecule has 0 bridgehead atoms. The predicted octanol–water partition coefficient (Wildman–Crippen LogP) is 7.63. The van der Waals surface area contributed by atoms with E-state index < -0.39 is 21.8 Å². The lowest BCUT2D eigenvalue weighted by Gasteiger charge is -2.13. The third-order valence-corrected chi connectivity index (χ3v) is 9.21. The molecule has 0 fully saturated rings. The van der Waals surface area contributed by atoms with Crippen molar-refractivity contribution in [2.75, 3.05) is 17.8 Å². The van der Waals surface area contributed by atoms with Gasteiger partial charge in [0.1, 0.15) is 5.01 Å². The number of alkyl halides is 3. The summed E-state index contributed by atoms with van der Waals surface area (Å²) < 4.78 is 67.2. The first-order valence-corrected chi connectivity index (χ1v) is 15.9. The largest absolute Gasteiger partial charge is 0.416 e. The first-order valence-electron chi connectivity index (χ1n) is 13.5. The number of halogens is 3. The molecule has 0 saturated carbocycles. The van der Waals surface area contributed by atoms with Crippen LogP contribution in [0.5, 0.6) is 0 Å².